The number of nitrogens with zero attached hydrogens (tertiary/aromatic N) is 4. The number of halogens is 1. The number of imidazole rings is 1. The number of carbonyl (C=O) groups is 2. The van der Waals surface area contributed by atoms with Crippen molar-refractivity contribution in [1.29, 1.82) is 0 Å². The van der Waals surface area contributed by atoms with E-state index in [1.807, 2.05) is 65.7 Å². The average molecular weight is 494 g/mol. The van der Waals surface area contributed by atoms with Crippen LogP contribution in [-0.4, -0.2) is 50.2 Å². The number of rotatable bonds is 4. The molecule has 3 aromatic heterocycles. The van der Waals surface area contributed by atoms with Gasteiger partial charge >= 0.3 is 0 Å². The molecule has 2 amide bonds. The lowest BCUT2D eigenvalue weighted by Gasteiger charge is -2.39. The third-order valence-electron chi connectivity index (χ3n) is 6.40. The van der Waals surface area contributed by atoms with Gasteiger partial charge in [-0.3, -0.25) is 9.59 Å². The van der Waals surface area contributed by atoms with Crippen LogP contribution in [0, 0.1) is 13.8 Å². The molecule has 1 aliphatic rings. The van der Waals surface area contributed by atoms with Crippen molar-refractivity contribution in [3.05, 3.63) is 86.8 Å². The molecule has 0 aliphatic carbocycles. The fourth-order valence-electron chi connectivity index (χ4n) is 4.52. The van der Waals surface area contributed by atoms with Gasteiger partial charge in [-0.25, -0.2) is 9.97 Å². The number of hydrogen-bond acceptors (Lipinski definition) is 5. The molecule has 34 heavy (non-hydrogen) atoms. The Kier molecular flexibility index (Phi) is 6.10. The molecule has 0 saturated carbocycles. The molecule has 0 unspecified atom stereocenters. The van der Waals surface area contributed by atoms with Crippen LogP contribution in [-0.2, 0) is 0 Å². The van der Waals surface area contributed by atoms with Gasteiger partial charge in [0.05, 0.1) is 35.3 Å². The second-order valence-electron chi connectivity index (χ2n) is 8.55. The quantitative estimate of drug-likeness (QED) is 0.454. The Morgan fingerprint density at radius 3 is 2.82 bits per heavy atom. The zero-order chi connectivity index (χ0) is 23.8. The first-order valence-corrected chi connectivity index (χ1v) is 12.3. The number of amides is 2. The standard InChI is InChI=1S/C25H24ClN5O2S/c1-15-16(2)34-24(28-15)23(32)29-21-13-30(10-8-19(21)17-5-3-6-18(26)11-17)25(33)20-7-4-9-31-14-27-12-22(20)31/h3-7,9,11-12,14,19,21H,8,10,13H2,1-2H3,(H,29,32)/t19-,21+/m0/s1. The van der Waals surface area contributed by atoms with E-state index in [2.05, 4.69) is 15.3 Å². The number of fused-ring (bicyclic) bond motifs is 1. The van der Waals surface area contributed by atoms with Crippen LogP contribution >= 0.6 is 22.9 Å². The average Bonchev–Trinajstić information content (AvgIpc) is 3.45. The highest BCUT2D eigenvalue weighted by molar-refractivity contribution is 7.13. The number of piperidine rings is 1. The van der Waals surface area contributed by atoms with E-state index in [9.17, 15) is 9.59 Å². The van der Waals surface area contributed by atoms with Crippen molar-refractivity contribution in [3.8, 4) is 0 Å². The van der Waals surface area contributed by atoms with E-state index in [1.165, 1.54) is 11.3 Å². The van der Waals surface area contributed by atoms with Crippen molar-refractivity contribution in [3.63, 3.8) is 0 Å². The molecule has 0 bridgehead atoms. The molecule has 1 aliphatic heterocycles. The molecule has 174 valence electrons. The topological polar surface area (TPSA) is 79.6 Å². The van der Waals surface area contributed by atoms with Crippen molar-refractivity contribution in [2.75, 3.05) is 13.1 Å². The third-order valence-corrected chi connectivity index (χ3v) is 7.70. The summed E-state index contributed by atoms with van der Waals surface area (Å²) in [5.41, 5.74) is 3.27. The number of pyridine rings is 1. The largest absolute Gasteiger partial charge is 0.345 e. The van der Waals surface area contributed by atoms with E-state index in [0.717, 1.165) is 21.7 Å². The van der Waals surface area contributed by atoms with Crippen LogP contribution in [0.4, 0.5) is 0 Å². The van der Waals surface area contributed by atoms with Gasteiger partial charge in [0.15, 0.2) is 5.01 Å². The summed E-state index contributed by atoms with van der Waals surface area (Å²) in [5.74, 6) is -0.263. The second-order valence-corrected chi connectivity index (χ2v) is 10.2. The summed E-state index contributed by atoms with van der Waals surface area (Å²) in [6, 6.07) is 11.1. The van der Waals surface area contributed by atoms with Gasteiger partial charge in [-0.05, 0) is 50.1 Å². The van der Waals surface area contributed by atoms with E-state index < -0.39 is 0 Å². The van der Waals surface area contributed by atoms with E-state index in [0.29, 0.717) is 35.1 Å². The lowest BCUT2D eigenvalue weighted by Crippen LogP contribution is -2.53. The molecule has 4 heterocycles. The van der Waals surface area contributed by atoms with Crippen molar-refractivity contribution < 1.29 is 9.59 Å². The Balaban J connectivity index is 1.43. The van der Waals surface area contributed by atoms with E-state index >= 15 is 0 Å². The molecular weight excluding hydrogens is 470 g/mol. The summed E-state index contributed by atoms with van der Waals surface area (Å²) in [7, 11) is 0. The molecular formula is C25H24ClN5O2S. The first kappa shape index (κ1) is 22.6. The molecule has 7 nitrogen and oxygen atoms in total. The summed E-state index contributed by atoms with van der Waals surface area (Å²) in [5, 5.41) is 4.26. The minimum absolute atomic E-state index is 0.0274. The Bertz CT molecular complexity index is 1360. The number of aromatic nitrogens is 3. The molecule has 1 N–H and O–H groups in total. The minimum atomic E-state index is -0.280. The lowest BCUT2D eigenvalue weighted by atomic mass is 9.85. The number of thiazole rings is 1. The van der Waals surface area contributed by atoms with Gasteiger partial charge in [-0.15, -0.1) is 11.3 Å². The van der Waals surface area contributed by atoms with Crippen molar-refractivity contribution in [2.24, 2.45) is 0 Å². The zero-order valence-electron chi connectivity index (χ0n) is 18.9. The van der Waals surface area contributed by atoms with Gasteiger partial charge < -0.3 is 14.6 Å². The molecule has 4 aromatic rings. The SMILES string of the molecule is Cc1nc(C(=O)N[C@@H]2CN(C(=O)c3cccn4cncc34)CC[C@H]2c2cccc(Cl)c2)sc1C. The van der Waals surface area contributed by atoms with E-state index in [1.54, 1.807) is 12.5 Å². The first-order valence-electron chi connectivity index (χ1n) is 11.1. The maximum Gasteiger partial charge on any atom is 0.280 e. The predicted molar refractivity (Wildman–Crippen MR) is 133 cm³/mol. The van der Waals surface area contributed by atoms with Crippen LogP contribution in [0.3, 0.4) is 0 Å². The summed E-state index contributed by atoms with van der Waals surface area (Å²) >= 11 is 7.65. The van der Waals surface area contributed by atoms with Crippen LogP contribution in [0.1, 0.15) is 48.6 Å². The lowest BCUT2D eigenvalue weighted by molar-refractivity contribution is 0.0656. The Morgan fingerprint density at radius 2 is 2.06 bits per heavy atom. The van der Waals surface area contributed by atoms with Crippen molar-refractivity contribution >= 4 is 40.3 Å². The number of carbonyl (C=O) groups excluding carboxylic acids is 2. The summed E-state index contributed by atoms with van der Waals surface area (Å²) < 4.78 is 1.83. The fraction of sp³-hybridized carbons (Fsp3) is 0.280. The smallest absolute Gasteiger partial charge is 0.280 e. The molecule has 1 aromatic carbocycles. The molecule has 0 radical (unpaired) electrons. The third kappa shape index (κ3) is 4.31. The second kappa shape index (κ2) is 9.19. The van der Waals surface area contributed by atoms with Crippen molar-refractivity contribution in [2.45, 2.75) is 32.2 Å². The van der Waals surface area contributed by atoms with Crippen molar-refractivity contribution in [1.82, 2.24) is 24.6 Å². The predicted octanol–water partition coefficient (Wildman–Crippen LogP) is 4.49. The minimum Gasteiger partial charge on any atom is -0.345 e. The summed E-state index contributed by atoms with van der Waals surface area (Å²) in [6.45, 7) is 4.82. The highest BCUT2D eigenvalue weighted by atomic mass is 35.5. The molecule has 2 atom stereocenters. The van der Waals surface area contributed by atoms with Gasteiger partial charge in [0.25, 0.3) is 11.8 Å². The number of nitrogens with one attached hydrogen (secondary N) is 1. The van der Waals surface area contributed by atoms with Crippen LogP contribution in [0.25, 0.3) is 5.52 Å². The number of hydrogen-bond donors (Lipinski definition) is 1. The molecule has 0 spiro atoms. The zero-order valence-corrected chi connectivity index (χ0v) is 20.4. The maximum absolute atomic E-state index is 13.5. The molecule has 9 heteroatoms. The van der Waals surface area contributed by atoms with E-state index in [4.69, 9.17) is 11.6 Å². The van der Waals surface area contributed by atoms with Gasteiger partial charge in [0, 0.05) is 35.1 Å². The van der Waals surface area contributed by atoms with Crippen LogP contribution in [0.15, 0.2) is 55.1 Å². The molecule has 5 rings (SSSR count). The Morgan fingerprint density at radius 1 is 1.21 bits per heavy atom. The van der Waals surface area contributed by atoms with Crippen LogP contribution in [0.5, 0.6) is 0 Å². The molecule has 1 saturated heterocycles. The Hall–Kier alpha value is -3.23. The normalized spacial score (nSPS) is 18.3. The number of benzene rings is 1. The maximum atomic E-state index is 13.5. The van der Waals surface area contributed by atoms with Gasteiger partial charge in [0.2, 0.25) is 0 Å². The summed E-state index contributed by atoms with van der Waals surface area (Å²) in [4.78, 5) is 38.0. The van der Waals surface area contributed by atoms with E-state index in [-0.39, 0.29) is 23.8 Å². The number of likely N-dealkylation sites (tertiary alicyclic amines) is 1. The fourth-order valence-corrected chi connectivity index (χ4v) is 5.54. The van der Waals surface area contributed by atoms with Crippen LogP contribution in [0.2, 0.25) is 5.02 Å². The number of aryl methyl sites for hydroxylation is 2. The van der Waals surface area contributed by atoms with Crippen LogP contribution < -0.4 is 5.32 Å². The van der Waals surface area contributed by atoms with Gasteiger partial charge in [-0.1, -0.05) is 23.7 Å². The Labute approximate surface area is 206 Å². The highest BCUT2D eigenvalue weighted by Crippen LogP contribution is 2.31. The highest BCUT2D eigenvalue weighted by Gasteiger charge is 2.35. The van der Waals surface area contributed by atoms with Gasteiger partial charge in [-0.2, -0.15) is 0 Å². The van der Waals surface area contributed by atoms with Gasteiger partial charge in [0.1, 0.15) is 0 Å². The summed E-state index contributed by atoms with van der Waals surface area (Å²) in [6.07, 6.45) is 5.94. The first-order chi connectivity index (χ1) is 16.4. The molecule has 1 fully saturated rings. The monoisotopic (exact) mass is 493 g/mol.